The van der Waals surface area contributed by atoms with Gasteiger partial charge in [-0.05, 0) is 189 Å². The summed E-state index contributed by atoms with van der Waals surface area (Å²) in [5, 5.41) is 4.93. The molecule has 1 saturated carbocycles. The first-order valence-corrected chi connectivity index (χ1v) is 27.0. The number of thiophene rings is 2. The van der Waals surface area contributed by atoms with Crippen LogP contribution in [0, 0.1) is 11.8 Å². The molecule has 0 nitrogen and oxygen atoms in total. The predicted molar refractivity (Wildman–Crippen MR) is 315 cm³/mol. The highest BCUT2D eigenvalue weighted by atomic mass is 32.1. The van der Waals surface area contributed by atoms with Crippen LogP contribution >= 0.6 is 22.7 Å². The van der Waals surface area contributed by atoms with Gasteiger partial charge in [-0.25, -0.2) is 0 Å². The fourth-order valence-electron chi connectivity index (χ4n) is 11.3. The van der Waals surface area contributed by atoms with Crippen LogP contribution < -0.4 is 0 Å². The van der Waals surface area contributed by atoms with Gasteiger partial charge in [0.05, 0.1) is 0 Å². The van der Waals surface area contributed by atoms with Crippen LogP contribution in [-0.4, -0.2) is 0 Å². The zero-order chi connectivity index (χ0) is 48.2. The van der Waals surface area contributed by atoms with Gasteiger partial charge in [-0.1, -0.05) is 206 Å². The maximum absolute atomic E-state index is 2.47. The van der Waals surface area contributed by atoms with Crippen LogP contribution in [-0.2, 0) is 0 Å². The Morgan fingerprint density at radius 2 is 0.644 bits per heavy atom. The molecule has 0 bridgehead atoms. The van der Waals surface area contributed by atoms with E-state index < -0.39 is 0 Å². The largest absolute Gasteiger partial charge is 0.136 e. The van der Waals surface area contributed by atoms with Crippen LogP contribution in [0.4, 0.5) is 0 Å². The molecule has 2 aliphatic carbocycles. The molecule has 2 atom stereocenters. The Morgan fingerprint density at radius 1 is 0.274 bits per heavy atom. The van der Waals surface area contributed by atoms with Crippen LogP contribution in [0.15, 0.2) is 267 Å². The second kappa shape index (κ2) is 18.3. The molecule has 0 amide bonds. The fraction of sp³-hybridized carbons (Fsp3) is 0.0423. The van der Waals surface area contributed by atoms with Crippen molar-refractivity contribution in [3.63, 3.8) is 0 Å². The van der Waals surface area contributed by atoms with E-state index in [2.05, 4.69) is 267 Å². The lowest BCUT2D eigenvalue weighted by Crippen LogP contribution is -1.93. The third-order valence-corrected chi connectivity index (χ3v) is 17.4. The highest BCUT2D eigenvalue weighted by molar-refractivity contribution is 7.18. The van der Waals surface area contributed by atoms with Gasteiger partial charge in [0.25, 0.3) is 0 Å². The van der Waals surface area contributed by atoms with Crippen LogP contribution in [0.1, 0.15) is 11.3 Å². The summed E-state index contributed by atoms with van der Waals surface area (Å²) in [5.41, 5.74) is 19.8. The Bertz CT molecular complexity index is 4110. The zero-order valence-electron chi connectivity index (χ0n) is 40.1. The van der Waals surface area contributed by atoms with Gasteiger partial charge in [0.2, 0.25) is 0 Å². The number of fused-ring (bicyclic) bond motifs is 3. The van der Waals surface area contributed by atoms with Crippen molar-refractivity contribution in [3.05, 3.63) is 272 Å². The number of rotatable bonds is 10. The molecule has 1 fully saturated rings. The average molecular weight is 965 g/mol. The molecule has 2 aliphatic rings. The first-order valence-electron chi connectivity index (χ1n) is 25.4. The minimum atomic E-state index is 0.671. The maximum atomic E-state index is 2.47. The van der Waals surface area contributed by atoms with Gasteiger partial charge >= 0.3 is 0 Å². The Labute approximate surface area is 435 Å². The van der Waals surface area contributed by atoms with E-state index in [0.717, 1.165) is 0 Å². The number of allylic oxidation sites excluding steroid dienone is 4. The molecule has 12 aromatic rings. The smallest absolute Gasteiger partial charge is 0.0349 e. The van der Waals surface area contributed by atoms with Crippen molar-refractivity contribution in [1.29, 1.82) is 0 Å². The summed E-state index contributed by atoms with van der Waals surface area (Å²) < 4.78 is 0. The highest BCUT2D eigenvalue weighted by Crippen LogP contribution is 2.53. The third-order valence-electron chi connectivity index (χ3n) is 15.0. The van der Waals surface area contributed by atoms with Crippen LogP contribution in [0.5, 0.6) is 0 Å². The number of benzene rings is 10. The van der Waals surface area contributed by atoms with Gasteiger partial charge in [-0.3, -0.25) is 0 Å². The Balaban J connectivity index is 1.00. The van der Waals surface area contributed by atoms with Crippen LogP contribution in [0.2, 0.25) is 0 Å². The average Bonchev–Trinajstić information content (AvgIpc) is 3.81. The molecule has 2 heteroatoms. The molecular weight excluding hydrogens is 917 g/mol. The minimum Gasteiger partial charge on any atom is -0.136 e. The van der Waals surface area contributed by atoms with E-state index in [9.17, 15) is 0 Å². The van der Waals surface area contributed by atoms with Crippen molar-refractivity contribution in [2.24, 2.45) is 11.8 Å². The second-order valence-corrected chi connectivity index (χ2v) is 21.7. The van der Waals surface area contributed by atoms with E-state index in [1.54, 1.807) is 0 Å². The maximum Gasteiger partial charge on any atom is 0.0349 e. The van der Waals surface area contributed by atoms with Gasteiger partial charge in [0, 0.05) is 19.5 Å². The molecule has 0 N–H and O–H groups in total. The first kappa shape index (κ1) is 43.4. The molecule has 2 aromatic heterocycles. The summed E-state index contributed by atoms with van der Waals surface area (Å²) >= 11 is 3.78. The van der Waals surface area contributed by atoms with Crippen molar-refractivity contribution in [2.75, 3.05) is 0 Å². The number of hydrogen-bond donors (Lipinski definition) is 0. The molecular formula is C71H48S2. The van der Waals surface area contributed by atoms with E-state index in [-0.39, 0.29) is 0 Å². The van der Waals surface area contributed by atoms with Gasteiger partial charge in [0.1, 0.15) is 0 Å². The zero-order valence-corrected chi connectivity index (χ0v) is 41.7. The Kier molecular flexibility index (Phi) is 10.9. The van der Waals surface area contributed by atoms with Crippen molar-refractivity contribution >= 4 is 49.8 Å². The molecule has 2 unspecified atom stereocenters. The standard InChI is InChI=1S/C71H48S2/c1-4-15-46(16-5-1)49-21-10-23-51(39-49)53-32-34-62-64(43-53)70(58-28-12-26-56(41-58)67-36-35-66(72-67)48-19-8-3-9-20-48)61-33-31-54(52-24-11-22-50(40-52)47-17-6-2-7-18-47)44-65(61)71(62)59-29-13-27-57(42-59)68-37-38-69(73-68)60-30-14-25-55-45-63(55)60/h1-44,55,63H,45H2. The molecule has 0 saturated heterocycles. The lowest BCUT2D eigenvalue weighted by molar-refractivity contribution is 1.00. The highest BCUT2D eigenvalue weighted by Gasteiger charge is 2.40. The summed E-state index contributed by atoms with van der Waals surface area (Å²) in [4.78, 5) is 5.22. The van der Waals surface area contributed by atoms with Crippen LogP contribution in [0.25, 0.3) is 125 Å². The van der Waals surface area contributed by atoms with Gasteiger partial charge < -0.3 is 0 Å². The normalized spacial score (nSPS) is 14.8. The topological polar surface area (TPSA) is 0 Å². The molecule has 0 radical (unpaired) electrons. The summed E-state index contributed by atoms with van der Waals surface area (Å²) in [6.45, 7) is 0. The summed E-state index contributed by atoms with van der Waals surface area (Å²) in [6.07, 6.45) is 8.26. The SMILES string of the molecule is C1=CC2CC2C(c2ccc(-c3cccc(-c4c5ccc(-c6cccc(-c7ccccc7)c6)cc5c(-c5cccc(-c6ccc(-c7ccccc7)s6)c5)c5ccc(-c6cccc(-c7ccccc7)c6)cc45)c3)s2)=C1. The number of hydrogen-bond acceptors (Lipinski definition) is 2. The van der Waals surface area contributed by atoms with Crippen LogP contribution in [0.3, 0.4) is 0 Å². The molecule has 14 rings (SSSR count). The summed E-state index contributed by atoms with van der Waals surface area (Å²) in [7, 11) is 0. The van der Waals surface area contributed by atoms with Gasteiger partial charge in [0.15, 0.2) is 0 Å². The molecule has 344 valence electrons. The first-order chi connectivity index (χ1) is 36.1. The molecule has 0 spiro atoms. The summed E-state index contributed by atoms with van der Waals surface area (Å²) in [5.74, 6) is 1.38. The van der Waals surface area contributed by atoms with Gasteiger partial charge in [-0.2, -0.15) is 0 Å². The van der Waals surface area contributed by atoms with E-state index in [1.165, 1.54) is 136 Å². The predicted octanol–water partition coefficient (Wildman–Crippen LogP) is 20.7. The molecule has 0 aliphatic heterocycles. The van der Waals surface area contributed by atoms with Gasteiger partial charge in [-0.15, -0.1) is 22.7 Å². The van der Waals surface area contributed by atoms with Crippen molar-refractivity contribution in [2.45, 2.75) is 6.42 Å². The van der Waals surface area contributed by atoms with E-state index in [0.29, 0.717) is 11.8 Å². The van der Waals surface area contributed by atoms with Crippen molar-refractivity contribution in [1.82, 2.24) is 0 Å². The Morgan fingerprint density at radius 3 is 1.15 bits per heavy atom. The summed E-state index contributed by atoms with van der Waals surface area (Å²) in [6, 6.07) is 92.5. The molecule has 10 aromatic carbocycles. The Hall–Kier alpha value is -8.40. The van der Waals surface area contributed by atoms with E-state index >= 15 is 0 Å². The minimum absolute atomic E-state index is 0.671. The fourth-order valence-corrected chi connectivity index (χ4v) is 13.4. The van der Waals surface area contributed by atoms with E-state index in [1.807, 2.05) is 22.7 Å². The van der Waals surface area contributed by atoms with Crippen molar-refractivity contribution < 1.29 is 0 Å². The van der Waals surface area contributed by atoms with E-state index in [4.69, 9.17) is 0 Å². The molecule has 73 heavy (non-hydrogen) atoms. The third kappa shape index (κ3) is 8.20. The quantitative estimate of drug-likeness (QED) is 0.120. The monoisotopic (exact) mass is 964 g/mol. The second-order valence-electron chi connectivity index (χ2n) is 19.5. The lowest BCUT2D eigenvalue weighted by atomic mass is 9.83. The molecule has 2 heterocycles. The van der Waals surface area contributed by atoms with Crippen molar-refractivity contribution in [3.8, 4) is 98.1 Å². The lowest BCUT2D eigenvalue weighted by Gasteiger charge is -2.20.